The minimum Gasteiger partial charge on any atom is -0.317 e. The summed E-state index contributed by atoms with van der Waals surface area (Å²) in [6.07, 6.45) is 1.81. The predicted molar refractivity (Wildman–Crippen MR) is 86.5 cm³/mol. The van der Waals surface area contributed by atoms with E-state index in [1.54, 1.807) is 0 Å². The molecule has 0 atom stereocenters. The van der Waals surface area contributed by atoms with Crippen LogP contribution in [-0.2, 0) is 4.79 Å². The zero-order valence-corrected chi connectivity index (χ0v) is 12.9. The van der Waals surface area contributed by atoms with E-state index in [0.29, 0.717) is 5.13 Å². The molecule has 0 unspecified atom stereocenters. The minimum atomic E-state index is 0.0992. The number of carbonyl (C=O) groups excluding carboxylic acids is 1. The van der Waals surface area contributed by atoms with Gasteiger partial charge in [0.1, 0.15) is 0 Å². The molecule has 110 valence electrons. The van der Waals surface area contributed by atoms with E-state index in [-0.39, 0.29) is 11.8 Å². The Morgan fingerprint density at radius 1 is 1.33 bits per heavy atom. The number of aromatic nitrogens is 1. The van der Waals surface area contributed by atoms with Gasteiger partial charge in [0.25, 0.3) is 0 Å². The Morgan fingerprint density at radius 3 is 2.86 bits per heavy atom. The zero-order chi connectivity index (χ0) is 14.7. The van der Waals surface area contributed by atoms with E-state index in [4.69, 9.17) is 0 Å². The van der Waals surface area contributed by atoms with Crippen molar-refractivity contribution in [3.8, 4) is 11.3 Å². The number of nitrogens with zero attached hydrogens (tertiary/aromatic N) is 1. The van der Waals surface area contributed by atoms with Gasteiger partial charge >= 0.3 is 0 Å². The molecule has 0 radical (unpaired) electrons. The van der Waals surface area contributed by atoms with Crippen LogP contribution in [0.3, 0.4) is 0 Å². The molecular formula is C16H19N3OS. The number of hydrogen-bond acceptors (Lipinski definition) is 4. The highest BCUT2D eigenvalue weighted by Gasteiger charge is 2.21. The van der Waals surface area contributed by atoms with Gasteiger partial charge in [-0.1, -0.05) is 24.3 Å². The number of thiazole rings is 1. The number of rotatable bonds is 3. The monoisotopic (exact) mass is 301 g/mol. The van der Waals surface area contributed by atoms with Crippen LogP contribution < -0.4 is 10.6 Å². The van der Waals surface area contributed by atoms with E-state index in [1.807, 2.05) is 17.5 Å². The first kappa shape index (κ1) is 14.2. The Balaban J connectivity index is 1.70. The fourth-order valence-electron chi connectivity index (χ4n) is 2.61. The number of hydrogen-bond donors (Lipinski definition) is 2. The number of piperidine rings is 1. The average Bonchev–Trinajstić information content (AvgIpc) is 2.97. The second-order valence-corrected chi connectivity index (χ2v) is 6.22. The van der Waals surface area contributed by atoms with E-state index in [1.165, 1.54) is 16.9 Å². The molecule has 3 rings (SSSR count). The molecule has 1 aromatic heterocycles. The van der Waals surface area contributed by atoms with Gasteiger partial charge in [0.05, 0.1) is 5.69 Å². The Morgan fingerprint density at radius 2 is 2.10 bits per heavy atom. The number of nitrogens with one attached hydrogen (secondary N) is 2. The third kappa shape index (κ3) is 3.31. The normalized spacial score (nSPS) is 15.9. The Labute approximate surface area is 128 Å². The molecule has 2 heterocycles. The molecule has 0 saturated carbocycles. The van der Waals surface area contributed by atoms with Crippen LogP contribution in [0.1, 0.15) is 18.4 Å². The lowest BCUT2D eigenvalue weighted by Gasteiger charge is -2.21. The van der Waals surface area contributed by atoms with Crippen LogP contribution in [0.2, 0.25) is 0 Å². The summed E-state index contributed by atoms with van der Waals surface area (Å²) < 4.78 is 0. The van der Waals surface area contributed by atoms with Crippen molar-refractivity contribution in [3.05, 3.63) is 35.2 Å². The van der Waals surface area contributed by atoms with Gasteiger partial charge in [0.2, 0.25) is 5.91 Å². The number of amides is 1. The standard InChI is InChI=1S/C16H19N3OS/c1-11-4-2-3-5-13(11)14-10-21-16(18-14)19-15(20)12-6-8-17-9-7-12/h2-5,10,12,17H,6-9H2,1H3,(H,18,19,20). The molecule has 1 aromatic carbocycles. The first-order chi connectivity index (χ1) is 10.2. The summed E-state index contributed by atoms with van der Waals surface area (Å²) >= 11 is 1.49. The molecule has 1 aliphatic heterocycles. The molecule has 1 aliphatic rings. The summed E-state index contributed by atoms with van der Waals surface area (Å²) in [4.78, 5) is 16.8. The van der Waals surface area contributed by atoms with E-state index >= 15 is 0 Å². The molecule has 0 spiro atoms. The third-order valence-corrected chi connectivity index (χ3v) is 4.62. The topological polar surface area (TPSA) is 54.0 Å². The van der Waals surface area contributed by atoms with Gasteiger partial charge in [0.15, 0.2) is 5.13 Å². The van der Waals surface area contributed by atoms with Crippen molar-refractivity contribution >= 4 is 22.4 Å². The summed E-state index contributed by atoms with van der Waals surface area (Å²) in [6.45, 7) is 3.91. The highest BCUT2D eigenvalue weighted by Crippen LogP contribution is 2.27. The maximum atomic E-state index is 12.2. The van der Waals surface area contributed by atoms with Crippen LogP contribution >= 0.6 is 11.3 Å². The molecule has 2 aromatic rings. The van der Waals surface area contributed by atoms with E-state index in [0.717, 1.165) is 37.2 Å². The van der Waals surface area contributed by atoms with Crippen molar-refractivity contribution < 1.29 is 4.79 Å². The van der Waals surface area contributed by atoms with Crippen LogP contribution in [0.25, 0.3) is 11.3 Å². The molecule has 0 aliphatic carbocycles. The molecule has 4 nitrogen and oxygen atoms in total. The maximum Gasteiger partial charge on any atom is 0.229 e. The first-order valence-corrected chi connectivity index (χ1v) is 8.15. The molecule has 21 heavy (non-hydrogen) atoms. The van der Waals surface area contributed by atoms with Gasteiger partial charge in [-0.3, -0.25) is 4.79 Å². The van der Waals surface area contributed by atoms with Crippen molar-refractivity contribution in [1.29, 1.82) is 0 Å². The number of benzene rings is 1. The molecule has 5 heteroatoms. The highest BCUT2D eigenvalue weighted by atomic mass is 32.1. The fraction of sp³-hybridized carbons (Fsp3) is 0.375. The van der Waals surface area contributed by atoms with Crippen LogP contribution in [-0.4, -0.2) is 24.0 Å². The quantitative estimate of drug-likeness (QED) is 0.916. The lowest BCUT2D eigenvalue weighted by atomic mass is 9.97. The molecule has 1 amide bonds. The molecule has 1 fully saturated rings. The second-order valence-electron chi connectivity index (χ2n) is 5.37. The summed E-state index contributed by atoms with van der Waals surface area (Å²) in [6, 6.07) is 8.16. The Kier molecular flexibility index (Phi) is 4.31. The second kappa shape index (κ2) is 6.37. The minimum absolute atomic E-state index is 0.0992. The largest absolute Gasteiger partial charge is 0.317 e. The van der Waals surface area contributed by atoms with Crippen molar-refractivity contribution in [1.82, 2.24) is 10.3 Å². The molecule has 0 bridgehead atoms. The number of aryl methyl sites for hydroxylation is 1. The van der Waals surface area contributed by atoms with Crippen LogP contribution in [0.4, 0.5) is 5.13 Å². The van der Waals surface area contributed by atoms with Crippen molar-refractivity contribution in [2.45, 2.75) is 19.8 Å². The summed E-state index contributed by atoms with van der Waals surface area (Å²) in [5.41, 5.74) is 3.24. The lowest BCUT2D eigenvalue weighted by molar-refractivity contribution is -0.120. The number of anilines is 1. The van der Waals surface area contributed by atoms with Crippen LogP contribution in [0, 0.1) is 12.8 Å². The summed E-state index contributed by atoms with van der Waals surface area (Å²) in [5, 5.41) is 8.93. The van der Waals surface area contributed by atoms with Gasteiger partial charge in [0, 0.05) is 16.9 Å². The van der Waals surface area contributed by atoms with Gasteiger partial charge in [-0.25, -0.2) is 4.98 Å². The van der Waals surface area contributed by atoms with Crippen LogP contribution in [0.15, 0.2) is 29.6 Å². The van der Waals surface area contributed by atoms with E-state index < -0.39 is 0 Å². The van der Waals surface area contributed by atoms with Gasteiger partial charge in [-0.05, 0) is 38.4 Å². The first-order valence-electron chi connectivity index (χ1n) is 7.27. The molecular weight excluding hydrogens is 282 g/mol. The highest BCUT2D eigenvalue weighted by molar-refractivity contribution is 7.14. The van der Waals surface area contributed by atoms with Gasteiger partial charge in [-0.2, -0.15) is 0 Å². The smallest absolute Gasteiger partial charge is 0.229 e. The molecule has 1 saturated heterocycles. The molecule has 2 N–H and O–H groups in total. The lowest BCUT2D eigenvalue weighted by Crippen LogP contribution is -2.34. The zero-order valence-electron chi connectivity index (χ0n) is 12.1. The van der Waals surface area contributed by atoms with E-state index in [2.05, 4.69) is 34.7 Å². The Bertz CT molecular complexity index is 632. The maximum absolute atomic E-state index is 12.2. The Hall–Kier alpha value is -1.72. The van der Waals surface area contributed by atoms with Crippen molar-refractivity contribution in [2.24, 2.45) is 5.92 Å². The number of carbonyl (C=O) groups is 1. The fourth-order valence-corrected chi connectivity index (χ4v) is 3.32. The third-order valence-electron chi connectivity index (χ3n) is 3.87. The summed E-state index contributed by atoms with van der Waals surface area (Å²) in [7, 11) is 0. The van der Waals surface area contributed by atoms with Crippen LogP contribution in [0.5, 0.6) is 0 Å². The van der Waals surface area contributed by atoms with Crippen molar-refractivity contribution in [2.75, 3.05) is 18.4 Å². The summed E-state index contributed by atoms with van der Waals surface area (Å²) in [5.74, 6) is 0.208. The average molecular weight is 301 g/mol. The van der Waals surface area contributed by atoms with E-state index in [9.17, 15) is 4.79 Å². The van der Waals surface area contributed by atoms with Gasteiger partial charge < -0.3 is 10.6 Å². The SMILES string of the molecule is Cc1ccccc1-c1csc(NC(=O)C2CCNCC2)n1. The predicted octanol–water partition coefficient (Wildman–Crippen LogP) is 3.06. The van der Waals surface area contributed by atoms with Crippen molar-refractivity contribution in [3.63, 3.8) is 0 Å². The van der Waals surface area contributed by atoms with Gasteiger partial charge in [-0.15, -0.1) is 11.3 Å².